The van der Waals surface area contributed by atoms with Gasteiger partial charge in [-0.15, -0.1) is 0 Å². The van der Waals surface area contributed by atoms with Crippen LogP contribution in [0.4, 0.5) is 11.4 Å². The van der Waals surface area contributed by atoms with E-state index in [1.807, 2.05) is 6.07 Å². The summed E-state index contributed by atoms with van der Waals surface area (Å²) >= 11 is 0. The molecule has 124 valence electrons. The molecule has 0 unspecified atom stereocenters. The summed E-state index contributed by atoms with van der Waals surface area (Å²) in [6.07, 6.45) is -0.426. The number of nitro groups is 1. The van der Waals surface area contributed by atoms with E-state index in [-0.39, 0.29) is 22.9 Å². The zero-order valence-electron chi connectivity index (χ0n) is 13.2. The molecule has 2 aromatic carbocycles. The minimum Gasteiger partial charge on any atom is -0.474 e. The molecule has 0 N–H and O–H groups in total. The monoisotopic (exact) mass is 328 g/mol. The van der Waals surface area contributed by atoms with E-state index in [1.54, 1.807) is 31.3 Å². The summed E-state index contributed by atoms with van der Waals surface area (Å²) < 4.78 is 5.46. The van der Waals surface area contributed by atoms with Crippen molar-refractivity contribution in [1.29, 1.82) is 0 Å². The van der Waals surface area contributed by atoms with Gasteiger partial charge in [-0.2, -0.15) is 0 Å². The number of nitrogens with zero attached hydrogens (tertiary/aromatic N) is 2. The highest BCUT2D eigenvalue weighted by molar-refractivity contribution is 5.96. The zero-order valence-corrected chi connectivity index (χ0v) is 13.2. The quantitative estimate of drug-likeness (QED) is 0.462. The molecule has 0 spiro atoms. The molecule has 0 bridgehead atoms. The number of aldehydes is 1. The van der Waals surface area contributed by atoms with E-state index in [4.69, 9.17) is 4.74 Å². The summed E-state index contributed by atoms with van der Waals surface area (Å²) in [5.41, 5.74) is 0.486. The fourth-order valence-corrected chi connectivity index (χ4v) is 2.14. The first kappa shape index (κ1) is 17.1. The van der Waals surface area contributed by atoms with E-state index in [0.717, 1.165) is 6.07 Å². The Balaban J connectivity index is 2.20. The van der Waals surface area contributed by atoms with Crippen LogP contribution in [0, 0.1) is 10.1 Å². The number of hydrogen-bond acceptors (Lipinski definition) is 5. The first-order valence-corrected chi connectivity index (χ1v) is 7.17. The van der Waals surface area contributed by atoms with Gasteiger partial charge in [0.25, 0.3) is 5.91 Å². The Morgan fingerprint density at radius 1 is 1.25 bits per heavy atom. The highest BCUT2D eigenvalue weighted by Crippen LogP contribution is 2.29. The second-order valence-electron chi connectivity index (χ2n) is 5.10. The molecule has 1 atom stereocenters. The van der Waals surface area contributed by atoms with Crippen molar-refractivity contribution < 1.29 is 19.2 Å². The number of hydrogen-bond donors (Lipinski definition) is 0. The molecule has 0 aliphatic rings. The van der Waals surface area contributed by atoms with Crippen molar-refractivity contribution in [2.24, 2.45) is 0 Å². The van der Waals surface area contributed by atoms with Gasteiger partial charge in [0.2, 0.25) is 0 Å². The number of para-hydroxylation sites is 1. The van der Waals surface area contributed by atoms with Crippen molar-refractivity contribution in [3.05, 3.63) is 64.2 Å². The minimum atomic E-state index is -0.934. The molecule has 0 saturated carbocycles. The van der Waals surface area contributed by atoms with Crippen LogP contribution >= 0.6 is 0 Å². The number of anilines is 1. The van der Waals surface area contributed by atoms with E-state index in [0.29, 0.717) is 12.0 Å². The van der Waals surface area contributed by atoms with Crippen molar-refractivity contribution in [3.8, 4) is 5.75 Å². The highest BCUT2D eigenvalue weighted by Gasteiger charge is 2.24. The Hall–Kier alpha value is -3.22. The third-order valence-electron chi connectivity index (χ3n) is 3.44. The van der Waals surface area contributed by atoms with Gasteiger partial charge in [-0.1, -0.05) is 18.2 Å². The minimum absolute atomic E-state index is 0.0621. The number of carbonyl (C=O) groups is 2. The van der Waals surface area contributed by atoms with E-state index < -0.39 is 11.0 Å². The first-order valence-electron chi connectivity index (χ1n) is 7.17. The van der Waals surface area contributed by atoms with Crippen molar-refractivity contribution in [2.45, 2.75) is 13.0 Å². The maximum Gasteiger partial charge on any atom is 0.311 e. The number of amides is 1. The number of likely N-dealkylation sites (N-methyl/N-ethyl adjacent to an activating group) is 1. The Morgan fingerprint density at radius 2 is 1.92 bits per heavy atom. The molecule has 7 heteroatoms. The van der Waals surface area contributed by atoms with Crippen LogP contribution in [0.15, 0.2) is 48.5 Å². The van der Waals surface area contributed by atoms with E-state index in [2.05, 4.69) is 0 Å². The number of nitro benzene ring substituents is 1. The van der Waals surface area contributed by atoms with Gasteiger partial charge < -0.3 is 9.64 Å². The summed E-state index contributed by atoms with van der Waals surface area (Å²) in [6.45, 7) is 1.51. The Morgan fingerprint density at radius 3 is 2.50 bits per heavy atom. The molecular weight excluding hydrogens is 312 g/mol. The first-order chi connectivity index (χ1) is 11.4. The number of ether oxygens (including phenoxy) is 1. The summed E-state index contributed by atoms with van der Waals surface area (Å²) in [5, 5.41) is 11.1. The third-order valence-corrected chi connectivity index (χ3v) is 3.44. The van der Waals surface area contributed by atoms with Crippen molar-refractivity contribution >= 4 is 23.6 Å². The average molecular weight is 328 g/mol. The van der Waals surface area contributed by atoms with Crippen molar-refractivity contribution in [1.82, 2.24) is 0 Å². The van der Waals surface area contributed by atoms with E-state index in [1.165, 1.54) is 24.0 Å². The molecule has 0 fully saturated rings. The zero-order chi connectivity index (χ0) is 17.7. The lowest BCUT2D eigenvalue weighted by atomic mass is 10.2. The Kier molecular flexibility index (Phi) is 5.26. The lowest BCUT2D eigenvalue weighted by Crippen LogP contribution is -2.38. The molecule has 0 aliphatic heterocycles. The Bertz CT molecular complexity index is 761. The van der Waals surface area contributed by atoms with Gasteiger partial charge in [-0.3, -0.25) is 19.7 Å². The predicted octanol–water partition coefficient (Wildman–Crippen LogP) is 2.84. The smallest absolute Gasteiger partial charge is 0.311 e. The van der Waals surface area contributed by atoms with Gasteiger partial charge in [-0.05, 0) is 31.2 Å². The lowest BCUT2D eigenvalue weighted by Gasteiger charge is -2.22. The predicted molar refractivity (Wildman–Crippen MR) is 88.4 cm³/mol. The Labute approximate surface area is 138 Å². The lowest BCUT2D eigenvalue weighted by molar-refractivity contribution is -0.386. The van der Waals surface area contributed by atoms with Crippen molar-refractivity contribution in [2.75, 3.05) is 11.9 Å². The van der Waals surface area contributed by atoms with E-state index in [9.17, 15) is 19.7 Å². The summed E-state index contributed by atoms with van der Waals surface area (Å²) in [6, 6.07) is 12.8. The second kappa shape index (κ2) is 7.36. The van der Waals surface area contributed by atoms with Crippen LogP contribution in [0.1, 0.15) is 17.3 Å². The number of carbonyl (C=O) groups excluding carboxylic acids is 2. The standard InChI is InChI=1S/C17H16N2O5/c1-12(17(21)18(2)14-6-4-3-5-7-14)24-16-9-8-13(11-20)10-15(16)19(22)23/h3-12H,1-2H3/t12-/m1/s1. The van der Waals surface area contributed by atoms with Gasteiger partial charge in [0, 0.05) is 24.4 Å². The van der Waals surface area contributed by atoms with Crippen LogP contribution < -0.4 is 9.64 Å². The topological polar surface area (TPSA) is 89.7 Å². The SMILES string of the molecule is C[C@@H](Oc1ccc(C=O)cc1[N+](=O)[O-])C(=O)N(C)c1ccccc1. The van der Waals surface area contributed by atoms with Crippen LogP contribution in [0.3, 0.4) is 0 Å². The normalized spacial score (nSPS) is 11.4. The summed E-state index contributed by atoms with van der Waals surface area (Å²) in [5.74, 6) is -0.414. The summed E-state index contributed by atoms with van der Waals surface area (Å²) in [4.78, 5) is 35.0. The molecule has 2 aromatic rings. The van der Waals surface area contributed by atoms with Gasteiger partial charge in [-0.25, -0.2) is 0 Å². The molecule has 1 amide bonds. The molecule has 0 aromatic heterocycles. The maximum atomic E-state index is 12.4. The molecule has 7 nitrogen and oxygen atoms in total. The van der Waals surface area contributed by atoms with Crippen LogP contribution in [0.5, 0.6) is 5.75 Å². The third kappa shape index (κ3) is 3.75. The van der Waals surface area contributed by atoms with Crippen LogP contribution in [-0.2, 0) is 4.79 Å². The molecule has 0 heterocycles. The van der Waals surface area contributed by atoms with Crippen molar-refractivity contribution in [3.63, 3.8) is 0 Å². The van der Waals surface area contributed by atoms with Crippen LogP contribution in [0.2, 0.25) is 0 Å². The second-order valence-corrected chi connectivity index (χ2v) is 5.10. The van der Waals surface area contributed by atoms with Gasteiger partial charge in [0.05, 0.1) is 4.92 Å². The maximum absolute atomic E-state index is 12.4. The molecule has 24 heavy (non-hydrogen) atoms. The van der Waals surface area contributed by atoms with Crippen LogP contribution in [0.25, 0.3) is 0 Å². The molecular formula is C17H16N2O5. The average Bonchev–Trinajstić information content (AvgIpc) is 2.61. The van der Waals surface area contributed by atoms with Gasteiger partial charge in [0.15, 0.2) is 11.9 Å². The largest absolute Gasteiger partial charge is 0.474 e. The molecule has 0 aliphatic carbocycles. The highest BCUT2D eigenvalue weighted by atomic mass is 16.6. The van der Waals surface area contributed by atoms with Crippen LogP contribution in [-0.4, -0.2) is 30.3 Å². The van der Waals surface area contributed by atoms with Gasteiger partial charge >= 0.3 is 5.69 Å². The number of benzene rings is 2. The van der Waals surface area contributed by atoms with E-state index >= 15 is 0 Å². The number of rotatable bonds is 6. The van der Waals surface area contributed by atoms with Gasteiger partial charge in [0.1, 0.15) is 6.29 Å². The fraction of sp³-hybridized carbons (Fsp3) is 0.176. The summed E-state index contributed by atoms with van der Waals surface area (Å²) in [7, 11) is 1.60. The molecule has 2 rings (SSSR count). The molecule has 0 radical (unpaired) electrons. The molecule has 0 saturated heterocycles. The fourth-order valence-electron chi connectivity index (χ4n) is 2.14.